The molecule has 3 unspecified atom stereocenters. The summed E-state index contributed by atoms with van der Waals surface area (Å²) in [6, 6.07) is 16.2. The van der Waals surface area contributed by atoms with Crippen LogP contribution >= 0.6 is 23.2 Å². The number of halogens is 2. The Balaban J connectivity index is 0.976. The highest BCUT2D eigenvalue weighted by Crippen LogP contribution is 2.50. The van der Waals surface area contributed by atoms with Gasteiger partial charge in [-0.15, -0.1) is 0 Å². The highest BCUT2D eigenvalue weighted by Gasteiger charge is 2.52. The van der Waals surface area contributed by atoms with Crippen LogP contribution in [0.1, 0.15) is 105 Å². The molecule has 7 aliphatic heterocycles. The lowest BCUT2D eigenvalue weighted by Crippen LogP contribution is -2.64. The average Bonchev–Trinajstić information content (AvgIpc) is 0.773. The maximum Gasteiger partial charge on any atom is 0.248 e. The zero-order valence-corrected chi connectivity index (χ0v) is 65.7. The summed E-state index contributed by atoms with van der Waals surface area (Å²) in [4.78, 5) is 135. The summed E-state index contributed by atoms with van der Waals surface area (Å²) in [5, 5.41) is 131. The molecule has 0 saturated carbocycles. The molecule has 7 heterocycles. The van der Waals surface area contributed by atoms with E-state index >= 15 is 24.0 Å². The van der Waals surface area contributed by atoms with Crippen LogP contribution in [0, 0.1) is 5.92 Å². The molecular weight excluding hydrogens is 1590 g/mol. The number of benzene rings is 8. The molecule has 22 N–H and O–H groups in total. The zero-order chi connectivity index (χ0) is 85.5. The number of carbonyl (C=O) groups is 9. The first-order valence-corrected chi connectivity index (χ1v) is 38.5. The molecule has 8 aromatic rings. The third-order valence-electron chi connectivity index (χ3n) is 21.2. The molecule has 0 spiro atoms. The molecule has 18 atom stereocenters. The van der Waals surface area contributed by atoms with Crippen molar-refractivity contribution in [3.8, 4) is 57.1 Å². The number of hydrogen-bond acceptors (Lipinski definition) is 26. The van der Waals surface area contributed by atoms with Crippen LogP contribution in [0.5, 0.6) is 46.0 Å². The van der Waals surface area contributed by atoms with E-state index in [1.54, 1.807) is 18.2 Å². The van der Waals surface area contributed by atoms with E-state index in [4.69, 9.17) is 63.1 Å². The number of anilines is 1. The molecule has 0 aromatic heterocycles. The third kappa shape index (κ3) is 18.4. The van der Waals surface area contributed by atoms with E-state index < -0.39 is 250 Å². The van der Waals surface area contributed by atoms with Crippen molar-refractivity contribution >= 4 is 104 Å². The first-order chi connectivity index (χ1) is 56.5. The second-order valence-corrected chi connectivity index (χ2v) is 31.2. The van der Waals surface area contributed by atoms with Gasteiger partial charge in [0.25, 0.3) is 0 Å². The van der Waals surface area contributed by atoms with Crippen LogP contribution in [0.3, 0.4) is 0 Å². The van der Waals surface area contributed by atoms with Crippen molar-refractivity contribution in [2.45, 2.75) is 156 Å². The highest BCUT2D eigenvalue weighted by molar-refractivity contribution is 6.32. The van der Waals surface area contributed by atoms with E-state index in [9.17, 15) is 65.1 Å². The number of fused-ring (bicyclic) bond motifs is 17. The first-order valence-electron chi connectivity index (χ1n) is 37.8. The molecule has 2 saturated heterocycles. The quantitative estimate of drug-likeness (QED) is 0.0618. The number of phenols is 3. The summed E-state index contributed by atoms with van der Waals surface area (Å²) in [7, 11) is 1.47. The van der Waals surface area contributed by atoms with Gasteiger partial charge in [0.1, 0.15) is 95.5 Å². The lowest BCUT2D eigenvalue weighted by atomic mass is 9.86. The predicted molar refractivity (Wildman–Crippen MR) is 425 cm³/mol. The van der Waals surface area contributed by atoms with Crippen molar-refractivity contribution in [3.63, 3.8) is 0 Å². The summed E-state index contributed by atoms with van der Waals surface area (Å²) in [5.41, 5.74) is 8.51. The van der Waals surface area contributed by atoms with Gasteiger partial charge in [0.05, 0.1) is 47.9 Å². The van der Waals surface area contributed by atoms with Gasteiger partial charge in [0.2, 0.25) is 65.2 Å². The standard InChI is InChI=1S/C82H87Cl2N11O24/c1-33(2)18-49(87-5)74(107)94-65-67(102)39-12-16-53(47(83)23-39)115-55-25-42-26-56(71(55)119-81-72(70(105)69(104)57(32-96)117-81)118-60-30-82(4,86)73(106)34(3)114-60)116-54-17-13-40(24-48(54)84)68(103)66-80(113)93-64(76(109)88-31-59(101)89-43-14-10-37-19-35-8-6-7-9-36(35)20-41(37)21-43)46-27-44(97)28-52(99)61(46)45-22-38(11-15-51(45)98)62(77(110)95-66)92-78(111)63(42)91-75(108)50(29-58(85)100)90-79(65)112/h6-17,19-28,33-34,49-50,57,60,62-70,72-73,81,87,96-99,102-106H,18,29-32,86H2,1-5H3,(H2,85,100)(H,88,109)(H,89,101)(H,90,112)(H,91,108)(H,92,111)(H,93,113)(H,94,107)(H,95,110)/t34-,49+,50-,57+,60?,62+,63?,64?,65+,66-,67+,68+,69+,70-,72+,73+,81-,82-/m0/s1. The van der Waals surface area contributed by atoms with Crippen LogP contribution in [0.2, 0.25) is 10.0 Å². The van der Waals surface area contributed by atoms with Crippen LogP contribution < -0.4 is 73.5 Å². The summed E-state index contributed by atoms with van der Waals surface area (Å²) in [6.45, 7) is 4.86. The van der Waals surface area contributed by atoms with Crippen LogP contribution in [-0.4, -0.2) is 198 Å². The van der Waals surface area contributed by atoms with Gasteiger partial charge >= 0.3 is 0 Å². The van der Waals surface area contributed by atoms with E-state index in [2.05, 4.69) is 47.9 Å². The molecule has 8 aromatic carbocycles. The molecule has 0 aliphatic carbocycles. The van der Waals surface area contributed by atoms with Gasteiger partial charge < -0.3 is 134 Å². The van der Waals surface area contributed by atoms with Gasteiger partial charge in [-0.25, -0.2) is 0 Å². The van der Waals surface area contributed by atoms with Crippen molar-refractivity contribution in [3.05, 3.63) is 171 Å². The number of phenolic OH excluding ortho intramolecular Hbond substituents is 3. The SMILES string of the molecule is CN[C@H](CC(C)C)C(=O)N[C@H]1C(=O)N[C@@H](CC(N)=O)C(=O)NC2C(=O)N[C@H]3C(=O)N[C@H](C(=O)NC(C(=O)NCC(=O)Nc4ccc5cc6ccccc6cc5c4)c4cc(O)cc(O)c4-c4cc3ccc4O)[C@H](O)c3ccc(c(Cl)c3)Oc3cc2cc(c3O[C@@H]2O[C@H](CO)[C@@H](O)[C@H](O)[C@H]2OC2C[C@](C)(N)[C@H](O)[C@H](C)O2)Oc2ccc(cc2Cl)[C@H]1O. The number of ether oxygens (including phenoxy) is 6. The Bertz CT molecular complexity index is 5330. The van der Waals surface area contributed by atoms with Crippen LogP contribution in [0.15, 0.2) is 133 Å². The Kier molecular flexibility index (Phi) is 25.2. The Morgan fingerprint density at radius 3 is 1.91 bits per heavy atom. The molecule has 15 rings (SSSR count). The smallest absolute Gasteiger partial charge is 0.248 e. The van der Waals surface area contributed by atoms with Crippen molar-refractivity contribution in [1.82, 2.24) is 42.5 Å². The fourth-order valence-electron chi connectivity index (χ4n) is 15.0. The molecule has 7 aliphatic rings. The van der Waals surface area contributed by atoms with Crippen molar-refractivity contribution in [1.29, 1.82) is 0 Å². The lowest BCUT2D eigenvalue weighted by Gasteiger charge is -2.47. The van der Waals surface area contributed by atoms with Gasteiger partial charge in [0, 0.05) is 34.8 Å². The minimum atomic E-state index is -2.37. The fraction of sp³-hybridized carbons (Fsp3) is 0.354. The van der Waals surface area contributed by atoms with E-state index in [0.29, 0.717) is 5.69 Å². The number of likely N-dealkylation sites (N-methyl/N-ethyl adjacent to an activating group) is 1. The molecule has 37 heteroatoms. The first kappa shape index (κ1) is 85.3. The second-order valence-electron chi connectivity index (χ2n) is 30.4. The number of aromatic hydroxyl groups is 3. The number of primary amides is 1. The summed E-state index contributed by atoms with van der Waals surface area (Å²) < 4.78 is 38.7. The van der Waals surface area contributed by atoms with Gasteiger partial charge in [-0.1, -0.05) is 85.6 Å². The third-order valence-corrected chi connectivity index (χ3v) is 21.8. The van der Waals surface area contributed by atoms with Gasteiger partial charge in [0.15, 0.2) is 23.9 Å². The topological polar surface area (TPSA) is 551 Å². The van der Waals surface area contributed by atoms with Crippen molar-refractivity contribution < 1.29 is 118 Å². The summed E-state index contributed by atoms with van der Waals surface area (Å²) >= 11 is 14.3. The molecule has 628 valence electrons. The normalized spacial score (nSPS) is 26.7. The Labute approximate surface area is 687 Å². The van der Waals surface area contributed by atoms with Gasteiger partial charge in [-0.2, -0.15) is 0 Å². The van der Waals surface area contributed by atoms with E-state index in [1.165, 1.54) is 33.0 Å². The molecule has 35 nitrogen and oxygen atoms in total. The molecule has 2 fully saturated rings. The van der Waals surface area contributed by atoms with Gasteiger partial charge in [-0.05, 0) is 161 Å². The molecule has 119 heavy (non-hydrogen) atoms. The number of amides is 9. The van der Waals surface area contributed by atoms with E-state index in [0.717, 1.165) is 88.3 Å². The fourth-order valence-corrected chi connectivity index (χ4v) is 15.5. The summed E-state index contributed by atoms with van der Waals surface area (Å²) in [5.74, 6) is -16.2. The summed E-state index contributed by atoms with van der Waals surface area (Å²) in [6.07, 6.45) is -18.8. The predicted octanol–water partition coefficient (Wildman–Crippen LogP) is 3.08. The Morgan fingerprint density at radius 1 is 0.655 bits per heavy atom. The number of nitrogens with two attached hydrogens (primary N) is 2. The second kappa shape index (κ2) is 35.2. The number of rotatable bonds is 16. The van der Waals surface area contributed by atoms with Crippen molar-refractivity contribution in [2.75, 3.05) is 25.5 Å². The number of hydrogen-bond donors (Lipinski definition) is 20. The number of aliphatic hydroxyl groups excluding tert-OH is 6. The van der Waals surface area contributed by atoms with Crippen LogP contribution in [-0.2, 0) is 57.4 Å². The lowest BCUT2D eigenvalue weighted by molar-refractivity contribution is -0.333. The maximum atomic E-state index is 16.3. The Morgan fingerprint density at radius 2 is 1.28 bits per heavy atom. The monoisotopic (exact) mass is 1680 g/mol. The number of carbonyl (C=O) groups excluding carboxylic acids is 9. The molecule has 0 radical (unpaired) electrons. The maximum absolute atomic E-state index is 16.3. The van der Waals surface area contributed by atoms with Crippen LogP contribution in [0.4, 0.5) is 5.69 Å². The van der Waals surface area contributed by atoms with Crippen LogP contribution in [0.25, 0.3) is 32.7 Å². The number of aliphatic hydroxyl groups is 6. The van der Waals surface area contributed by atoms with E-state index in [-0.39, 0.29) is 46.2 Å². The largest absolute Gasteiger partial charge is 0.508 e. The zero-order valence-electron chi connectivity index (χ0n) is 64.2. The minimum absolute atomic E-state index is 0.110. The highest BCUT2D eigenvalue weighted by atomic mass is 35.5. The average molecular weight is 1680 g/mol. The Hall–Kier alpha value is -11.6. The van der Waals surface area contributed by atoms with Crippen molar-refractivity contribution in [2.24, 2.45) is 17.4 Å². The minimum Gasteiger partial charge on any atom is -0.508 e. The van der Waals surface area contributed by atoms with Gasteiger partial charge in [-0.3, -0.25) is 43.2 Å². The number of nitrogens with one attached hydrogen (secondary N) is 9. The molecule has 11 bridgehead atoms. The van der Waals surface area contributed by atoms with E-state index in [1.807, 2.05) is 50.2 Å². The molecular formula is C82H87Cl2N11O24. The molecule has 9 amide bonds.